The van der Waals surface area contributed by atoms with Gasteiger partial charge in [-0.2, -0.15) is 0 Å². The molecule has 172 valence electrons. The molecule has 0 spiro atoms. The quantitative estimate of drug-likeness (QED) is 0.335. The molecule has 8 nitrogen and oxygen atoms in total. The van der Waals surface area contributed by atoms with E-state index < -0.39 is 0 Å². The monoisotopic (exact) mass is 568 g/mol. The minimum Gasteiger partial charge on any atom is -0.360 e. The zero-order chi connectivity index (χ0) is 21.6. The molecule has 2 saturated heterocycles. The van der Waals surface area contributed by atoms with E-state index >= 15 is 0 Å². The number of carbonyl (C=O) groups excluding carboxylic acids is 2. The summed E-state index contributed by atoms with van der Waals surface area (Å²) in [4.78, 5) is 34.8. The minimum atomic E-state index is -0.108. The first-order valence-electron chi connectivity index (χ1n) is 10.5. The Kier molecular flexibility index (Phi) is 8.74. The summed E-state index contributed by atoms with van der Waals surface area (Å²) < 4.78 is 0. The first-order chi connectivity index (χ1) is 15.1. The van der Waals surface area contributed by atoms with E-state index in [4.69, 9.17) is 0 Å². The molecule has 4 rings (SSSR count). The lowest BCUT2D eigenvalue weighted by Gasteiger charge is -2.37. The molecule has 0 saturated carbocycles. The molecule has 2 aromatic rings. The number of aliphatic imine (C=N–C) groups is 1. The number of halogens is 1. The maximum Gasteiger partial charge on any atom is 0.254 e. The second kappa shape index (κ2) is 11.5. The van der Waals surface area contributed by atoms with Crippen LogP contribution in [0.2, 0.25) is 0 Å². The summed E-state index contributed by atoms with van der Waals surface area (Å²) >= 11 is 1.78. The van der Waals surface area contributed by atoms with Gasteiger partial charge in [0.25, 0.3) is 5.91 Å². The molecular formula is C22H29IN6O2S. The van der Waals surface area contributed by atoms with Crippen LogP contribution >= 0.6 is 35.3 Å². The molecule has 2 fully saturated rings. The molecule has 2 aliphatic heterocycles. The average molecular weight is 568 g/mol. The van der Waals surface area contributed by atoms with Crippen molar-refractivity contribution in [3.63, 3.8) is 0 Å². The van der Waals surface area contributed by atoms with Crippen molar-refractivity contribution in [3.8, 4) is 0 Å². The van der Waals surface area contributed by atoms with Crippen LogP contribution in [0.1, 0.15) is 15.9 Å². The third-order valence-corrected chi connectivity index (χ3v) is 6.51. The van der Waals surface area contributed by atoms with Crippen LogP contribution in [0.25, 0.3) is 0 Å². The summed E-state index contributed by atoms with van der Waals surface area (Å²) in [5.41, 5.74) is 1.68. The molecule has 0 unspecified atom stereocenters. The van der Waals surface area contributed by atoms with Crippen LogP contribution < -0.4 is 15.5 Å². The number of benzene rings is 1. The Morgan fingerprint density at radius 1 is 1.09 bits per heavy atom. The Hall–Kier alpha value is -2.34. The van der Waals surface area contributed by atoms with Gasteiger partial charge in [0.1, 0.15) is 0 Å². The third kappa shape index (κ3) is 5.91. The molecule has 0 radical (unpaired) electrons. The summed E-state index contributed by atoms with van der Waals surface area (Å²) in [6, 6.07) is 11.8. The zero-order valence-corrected chi connectivity index (χ0v) is 21.3. The summed E-state index contributed by atoms with van der Waals surface area (Å²) in [5, 5.41) is 9.61. The van der Waals surface area contributed by atoms with Crippen LogP contribution in [-0.2, 0) is 11.3 Å². The number of thiophene rings is 1. The fraction of sp³-hybridized carbons (Fsp3) is 0.409. The molecule has 10 heteroatoms. The molecule has 2 N–H and O–H groups in total. The van der Waals surface area contributed by atoms with Crippen LogP contribution in [0, 0.1) is 0 Å². The molecule has 0 bridgehead atoms. The van der Waals surface area contributed by atoms with Gasteiger partial charge in [-0.25, -0.2) is 0 Å². The van der Waals surface area contributed by atoms with Gasteiger partial charge in [-0.1, -0.05) is 12.1 Å². The lowest BCUT2D eigenvalue weighted by atomic mass is 10.1. The van der Waals surface area contributed by atoms with Crippen molar-refractivity contribution < 1.29 is 9.59 Å². The molecule has 1 aromatic carbocycles. The Morgan fingerprint density at radius 2 is 1.84 bits per heavy atom. The van der Waals surface area contributed by atoms with Crippen molar-refractivity contribution in [1.82, 2.24) is 20.4 Å². The Labute approximate surface area is 209 Å². The van der Waals surface area contributed by atoms with Crippen molar-refractivity contribution in [2.24, 2.45) is 4.99 Å². The topological polar surface area (TPSA) is 80.3 Å². The van der Waals surface area contributed by atoms with E-state index in [9.17, 15) is 9.59 Å². The summed E-state index contributed by atoms with van der Waals surface area (Å²) in [5.74, 6) is 0.683. The average Bonchev–Trinajstić information content (AvgIpc) is 3.35. The Morgan fingerprint density at radius 3 is 2.47 bits per heavy atom. The fourth-order valence-electron chi connectivity index (χ4n) is 3.86. The van der Waals surface area contributed by atoms with Crippen molar-refractivity contribution in [2.45, 2.75) is 6.54 Å². The molecule has 2 aliphatic rings. The summed E-state index contributed by atoms with van der Waals surface area (Å²) in [6.07, 6.45) is 0. The van der Waals surface area contributed by atoms with E-state index in [-0.39, 0.29) is 42.3 Å². The Balaban J connectivity index is 0.00000289. The van der Waals surface area contributed by atoms with Crippen LogP contribution in [0.15, 0.2) is 46.8 Å². The van der Waals surface area contributed by atoms with Crippen LogP contribution in [-0.4, -0.2) is 80.4 Å². The number of piperazine rings is 2. The lowest BCUT2D eigenvalue weighted by Crippen LogP contribution is -2.52. The highest BCUT2D eigenvalue weighted by Crippen LogP contribution is 2.22. The van der Waals surface area contributed by atoms with E-state index in [1.807, 2.05) is 31.3 Å². The number of guanidine groups is 1. The highest BCUT2D eigenvalue weighted by atomic mass is 127. The van der Waals surface area contributed by atoms with Gasteiger partial charge < -0.3 is 25.3 Å². The minimum absolute atomic E-state index is 0. The maximum atomic E-state index is 12.6. The molecule has 3 heterocycles. The fourth-order valence-corrected chi connectivity index (χ4v) is 4.65. The molecule has 32 heavy (non-hydrogen) atoms. The molecule has 0 atom stereocenters. The summed E-state index contributed by atoms with van der Waals surface area (Å²) in [7, 11) is 1.81. The lowest BCUT2D eigenvalue weighted by molar-refractivity contribution is -0.123. The maximum absolute atomic E-state index is 12.6. The van der Waals surface area contributed by atoms with E-state index in [2.05, 4.69) is 42.9 Å². The van der Waals surface area contributed by atoms with Crippen LogP contribution in [0.5, 0.6) is 0 Å². The van der Waals surface area contributed by atoms with Crippen molar-refractivity contribution in [1.29, 1.82) is 0 Å². The number of amides is 2. The smallest absolute Gasteiger partial charge is 0.254 e. The standard InChI is InChI=1S/C22H28N6O2S.HI/c1-23-22(27-12-10-26(11-13-27)20-3-2-14-31-20)25-15-17-4-6-18(7-5-17)21(30)28-9-8-24-19(29)16-28;/h2-7,14H,8-13,15-16H2,1H3,(H,23,25)(H,24,29);1H. The van der Waals surface area contributed by atoms with Gasteiger partial charge in [-0.3, -0.25) is 14.6 Å². The number of rotatable bonds is 4. The molecule has 0 aliphatic carbocycles. The number of nitrogens with one attached hydrogen (secondary N) is 2. The van der Waals surface area contributed by atoms with Crippen molar-refractivity contribution in [2.75, 3.05) is 57.8 Å². The van der Waals surface area contributed by atoms with Gasteiger partial charge in [0.15, 0.2) is 5.96 Å². The van der Waals surface area contributed by atoms with Gasteiger partial charge >= 0.3 is 0 Å². The van der Waals surface area contributed by atoms with Crippen LogP contribution in [0.4, 0.5) is 5.00 Å². The first kappa shape index (κ1) is 24.3. The van der Waals surface area contributed by atoms with Gasteiger partial charge in [-0.05, 0) is 35.2 Å². The van der Waals surface area contributed by atoms with E-state index in [0.717, 1.165) is 37.7 Å². The van der Waals surface area contributed by atoms with Gasteiger partial charge in [0, 0.05) is 58.4 Å². The second-order valence-corrected chi connectivity index (χ2v) is 8.53. The molecule has 2 amide bonds. The van der Waals surface area contributed by atoms with E-state index in [1.54, 1.807) is 16.2 Å². The van der Waals surface area contributed by atoms with Crippen molar-refractivity contribution >= 4 is 58.1 Å². The number of carbonyl (C=O) groups is 2. The van der Waals surface area contributed by atoms with E-state index in [1.165, 1.54) is 5.00 Å². The first-order valence-corrected chi connectivity index (χ1v) is 11.4. The highest BCUT2D eigenvalue weighted by molar-refractivity contribution is 14.0. The predicted molar refractivity (Wildman–Crippen MR) is 139 cm³/mol. The number of nitrogens with zero attached hydrogens (tertiary/aromatic N) is 4. The number of anilines is 1. The van der Waals surface area contributed by atoms with Crippen LogP contribution in [0.3, 0.4) is 0 Å². The molecule has 1 aromatic heterocycles. The predicted octanol–water partition coefficient (Wildman–Crippen LogP) is 1.84. The number of hydrogen-bond acceptors (Lipinski definition) is 5. The Bertz CT molecular complexity index is 926. The van der Waals surface area contributed by atoms with Gasteiger partial charge in [0.2, 0.25) is 5.91 Å². The third-order valence-electron chi connectivity index (χ3n) is 5.59. The highest BCUT2D eigenvalue weighted by Gasteiger charge is 2.22. The largest absolute Gasteiger partial charge is 0.360 e. The number of hydrogen-bond donors (Lipinski definition) is 2. The molecular weight excluding hydrogens is 539 g/mol. The van der Waals surface area contributed by atoms with Gasteiger partial charge in [-0.15, -0.1) is 35.3 Å². The normalized spacial score (nSPS) is 17.0. The van der Waals surface area contributed by atoms with Crippen molar-refractivity contribution in [3.05, 3.63) is 52.9 Å². The summed E-state index contributed by atoms with van der Waals surface area (Å²) in [6.45, 7) is 5.62. The SMILES string of the molecule is CN=C(NCc1ccc(C(=O)N2CCNC(=O)C2)cc1)N1CCN(c2cccs2)CC1.I. The second-order valence-electron chi connectivity index (χ2n) is 7.60. The zero-order valence-electron chi connectivity index (χ0n) is 18.1. The van der Waals surface area contributed by atoms with E-state index in [0.29, 0.717) is 25.2 Å². The van der Waals surface area contributed by atoms with Gasteiger partial charge in [0.05, 0.1) is 11.5 Å².